The van der Waals surface area contributed by atoms with E-state index in [-0.39, 0.29) is 5.91 Å². The molecule has 0 aliphatic rings. The molecule has 0 saturated heterocycles. The molecule has 2 heterocycles. The van der Waals surface area contributed by atoms with E-state index in [2.05, 4.69) is 20.6 Å². The monoisotopic (exact) mass is 284 g/mol. The lowest BCUT2D eigenvalue weighted by atomic mass is 10.2. The zero-order valence-corrected chi connectivity index (χ0v) is 11.6. The van der Waals surface area contributed by atoms with E-state index >= 15 is 0 Å². The number of hydrogen-bond donors (Lipinski definition) is 2. The molecule has 100 valence electrons. The number of anilines is 3. The summed E-state index contributed by atoms with van der Waals surface area (Å²) in [5.74, 6) is 0.699. The van der Waals surface area contributed by atoms with Crippen LogP contribution in [0.4, 0.5) is 17.2 Å². The van der Waals surface area contributed by atoms with Gasteiger partial charge in [-0.3, -0.25) is 4.79 Å². The van der Waals surface area contributed by atoms with Crippen molar-refractivity contribution in [3.05, 3.63) is 42.0 Å². The van der Waals surface area contributed by atoms with Crippen molar-refractivity contribution in [1.82, 2.24) is 9.97 Å². The Morgan fingerprint density at radius 3 is 2.60 bits per heavy atom. The number of hydrogen-bond acceptors (Lipinski definition) is 5. The molecule has 0 radical (unpaired) electrons. The summed E-state index contributed by atoms with van der Waals surface area (Å²) >= 11 is 1.58. The second kappa shape index (κ2) is 5.26. The summed E-state index contributed by atoms with van der Waals surface area (Å²) in [4.78, 5) is 20.4. The van der Waals surface area contributed by atoms with Crippen LogP contribution in [0.3, 0.4) is 0 Å². The third kappa shape index (κ3) is 2.60. The molecular formula is C14H12N4OS. The molecule has 6 heteroatoms. The Kier molecular flexibility index (Phi) is 3.30. The molecule has 2 N–H and O–H groups in total. The SMILES string of the molecule is CC(=O)Nc1ccc(Nc2ncnc3sccc23)cc1. The number of thiophene rings is 1. The normalized spacial score (nSPS) is 10.4. The quantitative estimate of drug-likeness (QED) is 0.773. The van der Waals surface area contributed by atoms with Gasteiger partial charge in [-0.2, -0.15) is 0 Å². The fourth-order valence-corrected chi connectivity index (χ4v) is 2.60. The highest BCUT2D eigenvalue weighted by Gasteiger charge is 2.05. The number of aromatic nitrogens is 2. The van der Waals surface area contributed by atoms with Crippen molar-refractivity contribution in [3.63, 3.8) is 0 Å². The average Bonchev–Trinajstić information content (AvgIpc) is 2.90. The van der Waals surface area contributed by atoms with Gasteiger partial charge in [-0.25, -0.2) is 9.97 Å². The molecule has 20 heavy (non-hydrogen) atoms. The maximum atomic E-state index is 11.0. The third-order valence-electron chi connectivity index (χ3n) is 2.73. The molecule has 0 bridgehead atoms. The molecule has 0 saturated carbocycles. The number of fused-ring (bicyclic) bond motifs is 1. The van der Waals surface area contributed by atoms with Gasteiger partial charge in [-0.1, -0.05) is 0 Å². The molecule has 0 aliphatic carbocycles. The topological polar surface area (TPSA) is 66.9 Å². The number of amides is 1. The predicted molar refractivity (Wildman–Crippen MR) is 81.4 cm³/mol. The summed E-state index contributed by atoms with van der Waals surface area (Å²) in [7, 11) is 0. The van der Waals surface area contributed by atoms with Crippen molar-refractivity contribution in [2.24, 2.45) is 0 Å². The summed E-state index contributed by atoms with van der Waals surface area (Å²) in [5.41, 5.74) is 1.68. The summed E-state index contributed by atoms with van der Waals surface area (Å²) in [6, 6.07) is 9.47. The van der Waals surface area contributed by atoms with E-state index in [1.54, 1.807) is 17.7 Å². The molecule has 0 unspecified atom stereocenters. The standard InChI is InChI=1S/C14H12N4OS/c1-9(19)17-10-2-4-11(5-3-10)18-13-12-6-7-20-14(12)16-8-15-13/h2-8H,1H3,(H,17,19)(H,15,16,18). The highest BCUT2D eigenvalue weighted by Crippen LogP contribution is 2.26. The molecule has 1 amide bonds. The van der Waals surface area contributed by atoms with E-state index in [0.29, 0.717) is 0 Å². The zero-order chi connectivity index (χ0) is 13.9. The van der Waals surface area contributed by atoms with E-state index in [0.717, 1.165) is 27.4 Å². The number of carbonyl (C=O) groups is 1. The lowest BCUT2D eigenvalue weighted by Crippen LogP contribution is -2.05. The van der Waals surface area contributed by atoms with Crippen LogP contribution in [0.2, 0.25) is 0 Å². The van der Waals surface area contributed by atoms with Crippen molar-refractivity contribution in [2.45, 2.75) is 6.92 Å². The van der Waals surface area contributed by atoms with Crippen LogP contribution in [-0.2, 0) is 4.79 Å². The molecule has 3 rings (SSSR count). The fraction of sp³-hybridized carbons (Fsp3) is 0.0714. The summed E-state index contributed by atoms with van der Waals surface area (Å²) < 4.78 is 0. The number of carbonyl (C=O) groups excluding carboxylic acids is 1. The van der Waals surface area contributed by atoms with Gasteiger partial charge >= 0.3 is 0 Å². The van der Waals surface area contributed by atoms with E-state index in [1.807, 2.05) is 35.7 Å². The van der Waals surface area contributed by atoms with Crippen LogP contribution in [0.1, 0.15) is 6.92 Å². The Labute approximate surface area is 119 Å². The van der Waals surface area contributed by atoms with Crippen LogP contribution in [0.15, 0.2) is 42.0 Å². The minimum absolute atomic E-state index is 0.0820. The summed E-state index contributed by atoms with van der Waals surface area (Å²) in [6.45, 7) is 1.49. The number of benzene rings is 1. The van der Waals surface area contributed by atoms with Crippen LogP contribution in [0, 0.1) is 0 Å². The third-order valence-corrected chi connectivity index (χ3v) is 3.55. The lowest BCUT2D eigenvalue weighted by molar-refractivity contribution is -0.114. The number of nitrogens with one attached hydrogen (secondary N) is 2. The van der Waals surface area contributed by atoms with Crippen molar-refractivity contribution in [3.8, 4) is 0 Å². The fourth-order valence-electron chi connectivity index (χ4n) is 1.87. The molecule has 0 atom stereocenters. The van der Waals surface area contributed by atoms with Gasteiger partial charge in [0.25, 0.3) is 0 Å². The van der Waals surface area contributed by atoms with E-state index in [1.165, 1.54) is 6.92 Å². The van der Waals surface area contributed by atoms with Crippen molar-refractivity contribution in [1.29, 1.82) is 0 Å². The minimum Gasteiger partial charge on any atom is -0.340 e. The highest BCUT2D eigenvalue weighted by atomic mass is 32.1. The smallest absolute Gasteiger partial charge is 0.221 e. The molecule has 0 aliphatic heterocycles. The van der Waals surface area contributed by atoms with Crippen LogP contribution in [0.5, 0.6) is 0 Å². The zero-order valence-electron chi connectivity index (χ0n) is 10.8. The molecule has 5 nitrogen and oxygen atoms in total. The van der Waals surface area contributed by atoms with Crippen LogP contribution in [0.25, 0.3) is 10.2 Å². The van der Waals surface area contributed by atoms with Crippen molar-refractivity contribution >= 4 is 44.7 Å². The second-order valence-corrected chi connectivity index (χ2v) is 5.14. The minimum atomic E-state index is -0.0820. The Balaban J connectivity index is 1.84. The van der Waals surface area contributed by atoms with E-state index in [4.69, 9.17) is 0 Å². The van der Waals surface area contributed by atoms with Crippen LogP contribution < -0.4 is 10.6 Å². The first kappa shape index (κ1) is 12.6. The summed E-state index contributed by atoms with van der Waals surface area (Å²) in [6.07, 6.45) is 1.55. The maximum absolute atomic E-state index is 11.0. The molecule has 1 aromatic carbocycles. The first-order chi connectivity index (χ1) is 9.72. The van der Waals surface area contributed by atoms with Gasteiger partial charge in [-0.15, -0.1) is 11.3 Å². The van der Waals surface area contributed by atoms with Gasteiger partial charge in [0.1, 0.15) is 17.0 Å². The van der Waals surface area contributed by atoms with Gasteiger partial charge in [0, 0.05) is 18.3 Å². The van der Waals surface area contributed by atoms with Crippen LogP contribution in [-0.4, -0.2) is 15.9 Å². The molecule has 2 aromatic heterocycles. The Morgan fingerprint density at radius 1 is 1.10 bits per heavy atom. The van der Waals surface area contributed by atoms with E-state index in [9.17, 15) is 4.79 Å². The molecular weight excluding hydrogens is 272 g/mol. The van der Waals surface area contributed by atoms with Crippen molar-refractivity contribution in [2.75, 3.05) is 10.6 Å². The Bertz CT molecular complexity index is 751. The molecule has 3 aromatic rings. The van der Waals surface area contributed by atoms with Gasteiger partial charge in [0.2, 0.25) is 5.91 Å². The Hall–Kier alpha value is -2.47. The average molecular weight is 284 g/mol. The predicted octanol–water partition coefficient (Wildman–Crippen LogP) is 3.39. The van der Waals surface area contributed by atoms with Crippen LogP contribution >= 0.6 is 11.3 Å². The maximum Gasteiger partial charge on any atom is 0.221 e. The highest BCUT2D eigenvalue weighted by molar-refractivity contribution is 7.16. The first-order valence-corrected chi connectivity index (χ1v) is 6.93. The molecule has 0 spiro atoms. The van der Waals surface area contributed by atoms with Gasteiger partial charge in [0.05, 0.1) is 5.39 Å². The number of rotatable bonds is 3. The summed E-state index contributed by atoms with van der Waals surface area (Å²) in [5, 5.41) is 8.98. The van der Waals surface area contributed by atoms with Gasteiger partial charge in [0.15, 0.2) is 0 Å². The largest absolute Gasteiger partial charge is 0.340 e. The van der Waals surface area contributed by atoms with E-state index < -0.39 is 0 Å². The van der Waals surface area contributed by atoms with Crippen molar-refractivity contribution < 1.29 is 4.79 Å². The Morgan fingerprint density at radius 2 is 1.85 bits per heavy atom. The lowest BCUT2D eigenvalue weighted by Gasteiger charge is -2.07. The van der Waals surface area contributed by atoms with Gasteiger partial charge in [-0.05, 0) is 35.7 Å². The number of nitrogens with zero attached hydrogens (tertiary/aromatic N) is 2. The second-order valence-electron chi connectivity index (χ2n) is 4.25. The first-order valence-electron chi connectivity index (χ1n) is 6.05. The van der Waals surface area contributed by atoms with Gasteiger partial charge < -0.3 is 10.6 Å². The molecule has 0 fully saturated rings.